The molecule has 0 atom stereocenters. The van der Waals surface area contributed by atoms with Crippen LogP contribution in [0, 0.1) is 0 Å². The molecule has 27 heavy (non-hydrogen) atoms. The lowest BCUT2D eigenvalue weighted by atomic mass is 10.2. The van der Waals surface area contributed by atoms with Crippen molar-refractivity contribution < 1.29 is 23.9 Å². The van der Waals surface area contributed by atoms with Crippen molar-refractivity contribution in [1.29, 1.82) is 0 Å². The molecule has 1 N–H and O–H groups in total. The molecule has 1 saturated heterocycles. The molecule has 3 amide bonds. The van der Waals surface area contributed by atoms with Crippen LogP contribution in [0.25, 0.3) is 6.08 Å². The summed E-state index contributed by atoms with van der Waals surface area (Å²) in [7, 11) is 0. The zero-order chi connectivity index (χ0) is 19.0. The Kier molecular flexibility index (Phi) is 4.33. The number of anilines is 2. The summed E-state index contributed by atoms with van der Waals surface area (Å²) in [6.45, 7) is 1.58. The third kappa shape index (κ3) is 3.39. The number of hydrogen-bond acceptors (Lipinski definition) is 6. The molecule has 2 aliphatic heterocycles. The summed E-state index contributed by atoms with van der Waals surface area (Å²) in [5.41, 5.74) is 1.78. The number of fused-ring (bicyclic) bond motifs is 1. The van der Waals surface area contributed by atoms with Gasteiger partial charge in [0, 0.05) is 12.6 Å². The van der Waals surface area contributed by atoms with Gasteiger partial charge >= 0.3 is 0 Å². The van der Waals surface area contributed by atoms with Crippen molar-refractivity contribution >= 4 is 46.3 Å². The molecular formula is C19H14N2O5S. The van der Waals surface area contributed by atoms with Crippen molar-refractivity contribution in [2.75, 3.05) is 17.0 Å². The van der Waals surface area contributed by atoms with Crippen molar-refractivity contribution in [3.05, 3.63) is 52.9 Å². The third-order valence-corrected chi connectivity index (χ3v) is 4.80. The molecule has 0 unspecified atom stereocenters. The Balaban J connectivity index is 1.57. The summed E-state index contributed by atoms with van der Waals surface area (Å²) >= 11 is 0.876. The number of nitrogens with zero attached hydrogens (tertiary/aromatic N) is 1. The van der Waals surface area contributed by atoms with Crippen molar-refractivity contribution in [3.8, 4) is 11.5 Å². The number of hydrogen-bond donors (Lipinski definition) is 1. The summed E-state index contributed by atoms with van der Waals surface area (Å²) in [5.74, 6) is 0.673. The van der Waals surface area contributed by atoms with Crippen LogP contribution in [0.15, 0.2) is 47.4 Å². The first-order valence-electron chi connectivity index (χ1n) is 8.06. The average molecular weight is 382 g/mol. The van der Waals surface area contributed by atoms with Crippen LogP contribution >= 0.6 is 11.8 Å². The molecule has 2 heterocycles. The maximum Gasteiger partial charge on any atom is 0.298 e. The molecule has 8 heteroatoms. The van der Waals surface area contributed by atoms with Crippen molar-refractivity contribution in [2.45, 2.75) is 6.92 Å². The highest BCUT2D eigenvalue weighted by molar-refractivity contribution is 8.19. The smallest absolute Gasteiger partial charge is 0.298 e. The fraction of sp³-hybridized carbons (Fsp3) is 0.105. The van der Waals surface area contributed by atoms with Gasteiger partial charge in [0.25, 0.3) is 11.1 Å². The first-order valence-corrected chi connectivity index (χ1v) is 8.88. The lowest BCUT2D eigenvalue weighted by molar-refractivity contribution is -0.114. The molecule has 7 nitrogen and oxygen atoms in total. The first kappa shape index (κ1) is 17.2. The van der Waals surface area contributed by atoms with E-state index in [2.05, 4.69) is 5.32 Å². The molecule has 0 aromatic heterocycles. The van der Waals surface area contributed by atoms with Gasteiger partial charge in [-0.05, 0) is 59.8 Å². The topological polar surface area (TPSA) is 84.9 Å². The van der Waals surface area contributed by atoms with Gasteiger partial charge in [-0.15, -0.1) is 0 Å². The van der Waals surface area contributed by atoms with E-state index in [-0.39, 0.29) is 17.9 Å². The number of nitrogens with one attached hydrogen (secondary N) is 1. The van der Waals surface area contributed by atoms with Gasteiger partial charge in [0.2, 0.25) is 12.7 Å². The van der Waals surface area contributed by atoms with Crippen LogP contribution in [0.3, 0.4) is 0 Å². The first-order chi connectivity index (χ1) is 13.0. The van der Waals surface area contributed by atoms with Gasteiger partial charge in [0.05, 0.1) is 10.6 Å². The third-order valence-electron chi connectivity index (χ3n) is 3.93. The fourth-order valence-electron chi connectivity index (χ4n) is 2.74. The number of thioether (sulfide) groups is 1. The number of rotatable bonds is 3. The highest BCUT2D eigenvalue weighted by Crippen LogP contribution is 2.38. The minimum Gasteiger partial charge on any atom is -0.454 e. The van der Waals surface area contributed by atoms with Gasteiger partial charge < -0.3 is 14.8 Å². The van der Waals surface area contributed by atoms with E-state index in [1.165, 1.54) is 6.92 Å². The van der Waals surface area contributed by atoms with Crippen molar-refractivity contribution in [1.82, 2.24) is 0 Å². The van der Waals surface area contributed by atoms with Gasteiger partial charge in [0.15, 0.2) is 11.5 Å². The van der Waals surface area contributed by atoms with Gasteiger partial charge in [-0.1, -0.05) is 6.07 Å². The van der Waals surface area contributed by atoms with E-state index in [4.69, 9.17) is 9.47 Å². The van der Waals surface area contributed by atoms with Crippen LogP contribution in [-0.2, 0) is 9.59 Å². The van der Waals surface area contributed by atoms with Crippen LogP contribution in [0.4, 0.5) is 16.2 Å². The monoisotopic (exact) mass is 382 g/mol. The molecule has 2 aromatic carbocycles. The minimum absolute atomic E-state index is 0.170. The highest BCUT2D eigenvalue weighted by atomic mass is 32.2. The quantitative estimate of drug-likeness (QED) is 0.817. The van der Waals surface area contributed by atoms with Crippen LogP contribution < -0.4 is 19.7 Å². The largest absolute Gasteiger partial charge is 0.454 e. The van der Waals surface area contributed by atoms with Crippen LogP contribution in [0.5, 0.6) is 11.5 Å². The Labute approximate surface area is 158 Å². The van der Waals surface area contributed by atoms with E-state index >= 15 is 0 Å². The minimum atomic E-state index is -0.394. The Morgan fingerprint density at radius 3 is 2.59 bits per heavy atom. The molecule has 0 spiro atoms. The van der Waals surface area contributed by atoms with E-state index in [9.17, 15) is 14.4 Å². The normalized spacial score (nSPS) is 16.9. The average Bonchev–Trinajstić information content (AvgIpc) is 3.20. The summed E-state index contributed by atoms with van der Waals surface area (Å²) in [6.07, 6.45) is 1.65. The van der Waals surface area contributed by atoms with Gasteiger partial charge in [0.1, 0.15) is 0 Å². The Hall–Kier alpha value is -3.26. The van der Waals surface area contributed by atoms with E-state index in [0.717, 1.165) is 22.2 Å². The second kappa shape index (κ2) is 6.81. The molecule has 1 fully saturated rings. The molecule has 136 valence electrons. The van der Waals surface area contributed by atoms with Crippen molar-refractivity contribution in [2.24, 2.45) is 0 Å². The number of benzene rings is 2. The highest BCUT2D eigenvalue weighted by Gasteiger charge is 2.36. The van der Waals surface area contributed by atoms with E-state index in [1.807, 2.05) is 0 Å². The standard InChI is InChI=1S/C19H14N2O5S/c1-11(22)20-13-3-5-14(6-4-13)21-18(23)17(27-19(21)24)9-12-2-7-15-16(8-12)26-10-25-15/h2-9H,10H2,1H3,(H,20,22)/b17-9-. The zero-order valence-corrected chi connectivity index (χ0v) is 15.0. The van der Waals surface area contributed by atoms with Gasteiger partial charge in [-0.3, -0.25) is 14.4 Å². The summed E-state index contributed by atoms with van der Waals surface area (Å²) in [5, 5.41) is 2.27. The predicted octanol–water partition coefficient (Wildman–Crippen LogP) is 3.61. The van der Waals surface area contributed by atoms with Gasteiger partial charge in [-0.25, -0.2) is 4.90 Å². The maximum absolute atomic E-state index is 12.7. The van der Waals surface area contributed by atoms with Crippen LogP contribution in [0.1, 0.15) is 12.5 Å². The number of carbonyl (C=O) groups is 3. The fourth-order valence-corrected chi connectivity index (χ4v) is 3.58. The second-order valence-electron chi connectivity index (χ2n) is 5.86. The van der Waals surface area contributed by atoms with Gasteiger partial charge in [-0.2, -0.15) is 0 Å². The van der Waals surface area contributed by atoms with E-state index in [1.54, 1.807) is 48.5 Å². The Bertz CT molecular complexity index is 984. The maximum atomic E-state index is 12.7. The summed E-state index contributed by atoms with van der Waals surface area (Å²) in [6, 6.07) is 11.8. The number of carbonyl (C=O) groups excluding carboxylic acids is 3. The number of amides is 3. The number of ether oxygens (including phenoxy) is 2. The second-order valence-corrected chi connectivity index (χ2v) is 6.85. The number of imide groups is 1. The lowest BCUT2D eigenvalue weighted by Gasteiger charge is -2.13. The van der Waals surface area contributed by atoms with E-state index < -0.39 is 5.91 Å². The molecule has 0 bridgehead atoms. The van der Waals surface area contributed by atoms with Crippen LogP contribution in [-0.4, -0.2) is 23.8 Å². The SMILES string of the molecule is CC(=O)Nc1ccc(N2C(=O)S/C(=C\c3ccc4c(c3)OCO4)C2=O)cc1. The predicted molar refractivity (Wildman–Crippen MR) is 102 cm³/mol. The van der Waals surface area contributed by atoms with Crippen molar-refractivity contribution in [3.63, 3.8) is 0 Å². The molecule has 2 aromatic rings. The Morgan fingerprint density at radius 2 is 1.85 bits per heavy atom. The summed E-state index contributed by atoms with van der Waals surface area (Å²) < 4.78 is 10.6. The summed E-state index contributed by atoms with van der Waals surface area (Å²) in [4.78, 5) is 37.6. The van der Waals surface area contributed by atoms with E-state index in [0.29, 0.717) is 27.8 Å². The van der Waals surface area contributed by atoms with Crippen LogP contribution in [0.2, 0.25) is 0 Å². The molecule has 0 radical (unpaired) electrons. The molecule has 0 aliphatic carbocycles. The molecule has 0 saturated carbocycles. The Morgan fingerprint density at radius 1 is 1.11 bits per heavy atom. The zero-order valence-electron chi connectivity index (χ0n) is 14.2. The molecular weight excluding hydrogens is 368 g/mol. The lowest BCUT2D eigenvalue weighted by Crippen LogP contribution is -2.27. The molecule has 4 rings (SSSR count). The molecule has 2 aliphatic rings.